The predicted octanol–water partition coefficient (Wildman–Crippen LogP) is 5.28. The van der Waals surface area contributed by atoms with E-state index in [4.69, 9.17) is 4.52 Å². The molecule has 3 rings (SSSR count). The van der Waals surface area contributed by atoms with Crippen LogP contribution in [0.5, 0.6) is 0 Å². The minimum Gasteiger partial charge on any atom is -0.361 e. The van der Waals surface area contributed by atoms with Crippen LogP contribution >= 0.6 is 11.8 Å². The largest absolute Gasteiger partial charge is 0.361 e. The van der Waals surface area contributed by atoms with E-state index in [0.29, 0.717) is 17.0 Å². The normalized spacial score (nSPS) is 10.8. The lowest BCUT2D eigenvalue weighted by Gasteiger charge is -2.11. The van der Waals surface area contributed by atoms with E-state index in [2.05, 4.69) is 10.5 Å². The van der Waals surface area contributed by atoms with Gasteiger partial charge >= 0.3 is 0 Å². The molecule has 2 aromatic carbocycles. The highest BCUT2D eigenvalue weighted by Crippen LogP contribution is 2.29. The van der Waals surface area contributed by atoms with Crippen LogP contribution in [0.15, 0.2) is 51.9 Å². The molecule has 0 unspecified atom stereocenters. The Morgan fingerprint density at radius 2 is 1.96 bits per heavy atom. The van der Waals surface area contributed by atoms with Crippen LogP contribution in [0.1, 0.15) is 32.9 Å². The first-order valence-corrected chi connectivity index (χ1v) is 9.15. The molecule has 0 bridgehead atoms. The van der Waals surface area contributed by atoms with E-state index in [1.54, 1.807) is 23.9 Å². The summed E-state index contributed by atoms with van der Waals surface area (Å²) in [6.07, 6.45) is 0. The second-order valence-electron chi connectivity index (χ2n) is 6.00. The number of hydrogen-bond donors (Lipinski definition) is 1. The number of aryl methyl sites for hydroxylation is 3. The molecule has 26 heavy (non-hydrogen) atoms. The summed E-state index contributed by atoms with van der Waals surface area (Å²) >= 11 is 1.54. The van der Waals surface area contributed by atoms with Crippen molar-refractivity contribution in [1.82, 2.24) is 5.16 Å². The van der Waals surface area contributed by atoms with E-state index in [-0.39, 0.29) is 11.7 Å². The van der Waals surface area contributed by atoms with Crippen molar-refractivity contribution in [3.05, 3.63) is 76.4 Å². The van der Waals surface area contributed by atoms with Gasteiger partial charge in [0.15, 0.2) is 0 Å². The van der Waals surface area contributed by atoms with Crippen molar-refractivity contribution < 1.29 is 13.7 Å². The average molecular weight is 370 g/mol. The van der Waals surface area contributed by atoms with Crippen molar-refractivity contribution in [1.29, 1.82) is 0 Å². The zero-order chi connectivity index (χ0) is 18.7. The first-order valence-electron chi connectivity index (χ1n) is 8.17. The molecule has 0 aliphatic rings. The molecule has 4 nitrogen and oxygen atoms in total. The van der Waals surface area contributed by atoms with Crippen molar-refractivity contribution in [2.75, 3.05) is 5.32 Å². The van der Waals surface area contributed by atoms with Crippen LogP contribution in [0.25, 0.3) is 0 Å². The lowest BCUT2D eigenvalue weighted by molar-refractivity contribution is 0.102. The van der Waals surface area contributed by atoms with E-state index in [1.807, 2.05) is 39.0 Å². The van der Waals surface area contributed by atoms with Crippen molar-refractivity contribution in [2.45, 2.75) is 31.4 Å². The van der Waals surface area contributed by atoms with Gasteiger partial charge in [-0.05, 0) is 50.6 Å². The van der Waals surface area contributed by atoms with Crippen LogP contribution in [-0.2, 0) is 5.75 Å². The molecular weight excluding hydrogens is 351 g/mol. The molecule has 1 heterocycles. The maximum Gasteiger partial charge on any atom is 0.256 e. The third-order valence-corrected chi connectivity index (χ3v) is 5.23. The molecule has 134 valence electrons. The number of anilines is 1. The summed E-state index contributed by atoms with van der Waals surface area (Å²) in [6, 6.07) is 11.7. The van der Waals surface area contributed by atoms with E-state index >= 15 is 0 Å². The van der Waals surface area contributed by atoms with Gasteiger partial charge in [0.05, 0.1) is 11.3 Å². The molecule has 1 aromatic heterocycles. The number of benzene rings is 2. The van der Waals surface area contributed by atoms with Gasteiger partial charge in [0.25, 0.3) is 5.91 Å². The number of carbonyl (C=O) groups excluding carboxylic acids is 1. The summed E-state index contributed by atoms with van der Waals surface area (Å²) in [5.74, 6) is 0.796. The number of carbonyl (C=O) groups is 1. The van der Waals surface area contributed by atoms with Crippen LogP contribution < -0.4 is 5.32 Å². The van der Waals surface area contributed by atoms with E-state index in [0.717, 1.165) is 27.5 Å². The molecule has 0 saturated carbocycles. The molecule has 0 aliphatic heterocycles. The van der Waals surface area contributed by atoms with Gasteiger partial charge in [-0.25, -0.2) is 4.39 Å². The summed E-state index contributed by atoms with van der Waals surface area (Å²) in [5, 5.41) is 6.76. The SMILES string of the molecule is Cc1ccc(F)cc1NC(=O)c1ccccc1SCc1c(C)noc1C. The van der Waals surface area contributed by atoms with E-state index < -0.39 is 0 Å². The molecule has 0 radical (unpaired) electrons. The maximum atomic E-state index is 13.5. The van der Waals surface area contributed by atoms with Crippen LogP contribution in [0, 0.1) is 26.6 Å². The number of thioether (sulfide) groups is 1. The van der Waals surface area contributed by atoms with Crippen LogP contribution in [0.2, 0.25) is 0 Å². The first-order chi connectivity index (χ1) is 12.5. The standard InChI is InChI=1S/C20H19FN2O2S/c1-12-8-9-15(21)10-18(12)22-20(24)16-6-4-5-7-19(16)26-11-17-13(2)23-25-14(17)3/h4-10H,11H2,1-3H3,(H,22,24). The van der Waals surface area contributed by atoms with Gasteiger partial charge in [0.1, 0.15) is 11.6 Å². The summed E-state index contributed by atoms with van der Waals surface area (Å²) in [5.41, 5.74) is 3.72. The van der Waals surface area contributed by atoms with E-state index in [9.17, 15) is 9.18 Å². The lowest BCUT2D eigenvalue weighted by atomic mass is 10.1. The highest BCUT2D eigenvalue weighted by Gasteiger charge is 2.15. The average Bonchev–Trinajstić information content (AvgIpc) is 2.94. The highest BCUT2D eigenvalue weighted by molar-refractivity contribution is 7.98. The Morgan fingerprint density at radius 1 is 1.19 bits per heavy atom. The zero-order valence-corrected chi connectivity index (χ0v) is 15.6. The maximum absolute atomic E-state index is 13.5. The molecule has 0 aliphatic carbocycles. The smallest absolute Gasteiger partial charge is 0.256 e. The van der Waals surface area contributed by atoms with Gasteiger partial charge in [-0.1, -0.05) is 23.4 Å². The Labute approximate surface area is 155 Å². The molecule has 6 heteroatoms. The topological polar surface area (TPSA) is 55.1 Å². The summed E-state index contributed by atoms with van der Waals surface area (Å²) in [4.78, 5) is 13.6. The summed E-state index contributed by atoms with van der Waals surface area (Å²) in [6.45, 7) is 5.60. The Bertz CT molecular complexity index is 933. The van der Waals surface area contributed by atoms with Crippen molar-refractivity contribution >= 4 is 23.4 Å². The minimum atomic E-state index is -0.382. The zero-order valence-electron chi connectivity index (χ0n) is 14.8. The fourth-order valence-corrected chi connectivity index (χ4v) is 3.76. The van der Waals surface area contributed by atoms with Crippen molar-refractivity contribution in [2.24, 2.45) is 0 Å². The summed E-state index contributed by atoms with van der Waals surface area (Å²) < 4.78 is 18.6. The number of nitrogens with zero attached hydrogens (tertiary/aromatic N) is 1. The van der Waals surface area contributed by atoms with Gasteiger partial charge in [-0.2, -0.15) is 0 Å². The number of rotatable bonds is 5. The van der Waals surface area contributed by atoms with Gasteiger partial charge < -0.3 is 9.84 Å². The van der Waals surface area contributed by atoms with Gasteiger partial charge in [-0.3, -0.25) is 4.79 Å². The molecule has 0 fully saturated rings. The van der Waals surface area contributed by atoms with E-state index in [1.165, 1.54) is 12.1 Å². The van der Waals surface area contributed by atoms with Crippen LogP contribution in [-0.4, -0.2) is 11.1 Å². The second kappa shape index (κ2) is 7.74. The Hall–Kier alpha value is -2.60. The highest BCUT2D eigenvalue weighted by atomic mass is 32.2. The number of amides is 1. The van der Waals surface area contributed by atoms with Crippen LogP contribution in [0.4, 0.5) is 10.1 Å². The Kier molecular flexibility index (Phi) is 5.42. The third kappa shape index (κ3) is 3.96. The lowest BCUT2D eigenvalue weighted by Crippen LogP contribution is -2.14. The number of hydrogen-bond acceptors (Lipinski definition) is 4. The summed E-state index contributed by atoms with van der Waals surface area (Å²) in [7, 11) is 0. The molecule has 1 amide bonds. The van der Waals surface area contributed by atoms with Crippen LogP contribution in [0.3, 0.4) is 0 Å². The molecule has 0 spiro atoms. The quantitative estimate of drug-likeness (QED) is 0.621. The fraction of sp³-hybridized carbons (Fsp3) is 0.200. The van der Waals surface area contributed by atoms with Gasteiger partial charge in [0.2, 0.25) is 0 Å². The Balaban J connectivity index is 1.80. The number of aromatic nitrogens is 1. The number of halogens is 1. The van der Waals surface area contributed by atoms with Gasteiger partial charge in [-0.15, -0.1) is 11.8 Å². The fourth-order valence-electron chi connectivity index (χ4n) is 2.56. The molecule has 3 aromatic rings. The van der Waals surface area contributed by atoms with Gasteiger partial charge in [0, 0.05) is 21.9 Å². The van der Waals surface area contributed by atoms with Crippen molar-refractivity contribution in [3.8, 4) is 0 Å². The monoisotopic (exact) mass is 370 g/mol. The Morgan fingerprint density at radius 3 is 2.69 bits per heavy atom. The minimum absolute atomic E-state index is 0.263. The predicted molar refractivity (Wildman–Crippen MR) is 101 cm³/mol. The third-order valence-electron chi connectivity index (χ3n) is 4.13. The molecule has 0 atom stereocenters. The second-order valence-corrected chi connectivity index (χ2v) is 7.02. The first kappa shape index (κ1) is 18.2. The number of nitrogens with one attached hydrogen (secondary N) is 1. The van der Waals surface area contributed by atoms with Crippen molar-refractivity contribution in [3.63, 3.8) is 0 Å². The molecular formula is C20H19FN2O2S. The molecule has 0 saturated heterocycles. The molecule has 1 N–H and O–H groups in total.